The van der Waals surface area contributed by atoms with Crippen LogP contribution in [0.1, 0.15) is 23.6 Å². The fraction of sp³-hybridized carbons (Fsp3) is 0.350. The molecule has 0 fully saturated rings. The van der Waals surface area contributed by atoms with E-state index in [4.69, 9.17) is 16.3 Å². The Balaban J connectivity index is 1.60. The van der Waals surface area contributed by atoms with Crippen molar-refractivity contribution < 1.29 is 17.9 Å². The van der Waals surface area contributed by atoms with Gasteiger partial charge in [-0.1, -0.05) is 29.8 Å². The second-order valence-electron chi connectivity index (χ2n) is 6.66. The molecule has 7 heteroatoms. The van der Waals surface area contributed by atoms with Crippen molar-refractivity contribution in [3.63, 3.8) is 0 Å². The Morgan fingerprint density at radius 2 is 1.85 bits per heavy atom. The zero-order valence-corrected chi connectivity index (χ0v) is 16.6. The molecule has 144 valence electrons. The van der Waals surface area contributed by atoms with Crippen molar-refractivity contribution in [2.45, 2.75) is 31.1 Å². The molecule has 0 bridgehead atoms. The first-order chi connectivity index (χ1) is 12.9. The highest BCUT2D eigenvalue weighted by atomic mass is 35.5. The molecule has 3 rings (SSSR count). The molecule has 2 aromatic rings. The molecule has 1 aliphatic rings. The molecular weight excluding hydrogens is 386 g/mol. The number of hydrogen-bond donors (Lipinski definition) is 1. The average Bonchev–Trinajstić information content (AvgIpc) is 3.03. The number of hydrogen-bond acceptors (Lipinski definition) is 4. The van der Waals surface area contributed by atoms with E-state index in [1.54, 1.807) is 19.1 Å². The number of benzene rings is 2. The van der Waals surface area contributed by atoms with Crippen molar-refractivity contribution in [1.29, 1.82) is 0 Å². The lowest BCUT2D eigenvalue weighted by Gasteiger charge is -2.11. The van der Waals surface area contributed by atoms with E-state index in [0.29, 0.717) is 18.2 Å². The van der Waals surface area contributed by atoms with Gasteiger partial charge in [-0.3, -0.25) is 4.79 Å². The van der Waals surface area contributed by atoms with Gasteiger partial charge in [0, 0.05) is 11.6 Å². The largest absolute Gasteiger partial charge is 0.466 e. The third-order valence-corrected chi connectivity index (χ3v) is 6.32. The van der Waals surface area contributed by atoms with Gasteiger partial charge in [0.1, 0.15) is 0 Å². The fourth-order valence-corrected chi connectivity index (χ4v) is 4.56. The molecule has 1 N–H and O–H groups in total. The van der Waals surface area contributed by atoms with Crippen LogP contribution in [0, 0.1) is 5.92 Å². The fourth-order valence-electron chi connectivity index (χ4n) is 3.32. The lowest BCUT2D eigenvalue weighted by molar-refractivity contribution is -0.142. The summed E-state index contributed by atoms with van der Waals surface area (Å²) in [5.41, 5.74) is 3.31. The van der Waals surface area contributed by atoms with Crippen LogP contribution in [-0.4, -0.2) is 27.5 Å². The van der Waals surface area contributed by atoms with Crippen LogP contribution in [0.4, 0.5) is 0 Å². The minimum Gasteiger partial charge on any atom is -0.466 e. The summed E-state index contributed by atoms with van der Waals surface area (Å²) >= 11 is 5.81. The van der Waals surface area contributed by atoms with E-state index < -0.39 is 10.0 Å². The first kappa shape index (κ1) is 19.9. The normalized spacial score (nSPS) is 16.1. The summed E-state index contributed by atoms with van der Waals surface area (Å²) in [5, 5.41) is 0.499. The number of carbonyl (C=O) groups excluding carboxylic acids is 1. The molecule has 0 saturated heterocycles. The maximum atomic E-state index is 12.4. The van der Waals surface area contributed by atoms with Crippen LogP contribution < -0.4 is 4.72 Å². The minimum absolute atomic E-state index is 0.194. The standard InChI is InChI=1S/C20H22ClNO4S/c1-2-26-20(23)12-14-3-4-16-10-15(11-17(16)9-14)13-22-27(24,25)19-7-5-18(21)6-8-19/h3-9,15,22H,2,10-13H2,1H3. The second-order valence-corrected chi connectivity index (χ2v) is 8.87. The van der Waals surface area contributed by atoms with Crippen molar-refractivity contribution in [2.24, 2.45) is 5.92 Å². The van der Waals surface area contributed by atoms with Gasteiger partial charge in [0.25, 0.3) is 0 Å². The third kappa shape index (κ3) is 5.09. The topological polar surface area (TPSA) is 72.5 Å². The van der Waals surface area contributed by atoms with Crippen molar-refractivity contribution in [3.8, 4) is 0 Å². The highest BCUT2D eigenvalue weighted by molar-refractivity contribution is 7.89. The summed E-state index contributed by atoms with van der Waals surface area (Å²) in [6.07, 6.45) is 1.86. The number of carbonyl (C=O) groups is 1. The molecule has 0 aromatic heterocycles. The van der Waals surface area contributed by atoms with E-state index >= 15 is 0 Å². The Hall–Kier alpha value is -1.89. The third-order valence-electron chi connectivity index (χ3n) is 4.63. The molecule has 5 nitrogen and oxygen atoms in total. The molecular formula is C20H22ClNO4S. The Kier molecular flexibility index (Phi) is 6.19. The maximum absolute atomic E-state index is 12.4. The van der Waals surface area contributed by atoms with Crippen LogP contribution >= 0.6 is 11.6 Å². The Morgan fingerprint density at radius 3 is 2.56 bits per heavy atom. The van der Waals surface area contributed by atoms with Gasteiger partial charge in [0.2, 0.25) is 10.0 Å². The quantitative estimate of drug-likeness (QED) is 0.715. The zero-order valence-electron chi connectivity index (χ0n) is 15.1. The lowest BCUT2D eigenvalue weighted by Crippen LogP contribution is -2.29. The van der Waals surface area contributed by atoms with Crippen LogP contribution in [0.5, 0.6) is 0 Å². The van der Waals surface area contributed by atoms with Crippen molar-refractivity contribution in [2.75, 3.05) is 13.2 Å². The van der Waals surface area contributed by atoms with Crippen LogP contribution in [0.3, 0.4) is 0 Å². The molecule has 1 atom stereocenters. The van der Waals surface area contributed by atoms with Gasteiger partial charge in [-0.05, 0) is 66.6 Å². The number of sulfonamides is 1. The van der Waals surface area contributed by atoms with Crippen molar-refractivity contribution in [3.05, 3.63) is 64.2 Å². The molecule has 2 aromatic carbocycles. The van der Waals surface area contributed by atoms with Crippen molar-refractivity contribution >= 4 is 27.6 Å². The molecule has 0 spiro atoms. The van der Waals surface area contributed by atoms with Crippen LogP contribution in [0.15, 0.2) is 47.4 Å². The van der Waals surface area contributed by atoms with Crippen molar-refractivity contribution in [1.82, 2.24) is 4.72 Å². The van der Waals surface area contributed by atoms with E-state index in [1.165, 1.54) is 23.3 Å². The van der Waals surface area contributed by atoms with E-state index in [0.717, 1.165) is 18.4 Å². The first-order valence-electron chi connectivity index (χ1n) is 8.89. The van der Waals surface area contributed by atoms with Gasteiger partial charge in [0.15, 0.2) is 0 Å². The predicted molar refractivity (Wildman–Crippen MR) is 104 cm³/mol. The van der Waals surface area contributed by atoms with E-state index in [1.807, 2.05) is 18.2 Å². The molecule has 27 heavy (non-hydrogen) atoms. The Morgan fingerprint density at radius 1 is 1.15 bits per heavy atom. The van der Waals surface area contributed by atoms with Crippen LogP contribution in [-0.2, 0) is 38.8 Å². The summed E-state index contributed by atoms with van der Waals surface area (Å²) in [6.45, 7) is 2.53. The number of ether oxygens (including phenoxy) is 1. The van der Waals surface area contributed by atoms with E-state index in [-0.39, 0.29) is 23.2 Å². The summed E-state index contributed by atoms with van der Waals surface area (Å²) in [5.74, 6) is -0.0392. The average molecular weight is 408 g/mol. The van der Waals surface area contributed by atoms with Crippen LogP contribution in [0.25, 0.3) is 0 Å². The molecule has 0 amide bonds. The Labute approximate surface area is 164 Å². The number of esters is 1. The summed E-state index contributed by atoms with van der Waals surface area (Å²) in [7, 11) is -3.55. The number of halogens is 1. The van der Waals surface area contributed by atoms with Gasteiger partial charge >= 0.3 is 5.97 Å². The smallest absolute Gasteiger partial charge is 0.310 e. The van der Waals surface area contributed by atoms with Crippen LogP contribution in [0.2, 0.25) is 5.02 Å². The molecule has 1 unspecified atom stereocenters. The molecule has 0 radical (unpaired) electrons. The predicted octanol–water partition coefficient (Wildman–Crippen LogP) is 3.14. The van der Waals surface area contributed by atoms with Gasteiger partial charge in [-0.15, -0.1) is 0 Å². The molecule has 0 aliphatic heterocycles. The minimum atomic E-state index is -3.55. The summed E-state index contributed by atoms with van der Waals surface area (Å²) in [6, 6.07) is 12.1. The van der Waals surface area contributed by atoms with Gasteiger partial charge in [-0.25, -0.2) is 13.1 Å². The monoisotopic (exact) mass is 407 g/mol. The first-order valence-corrected chi connectivity index (χ1v) is 10.7. The van der Waals surface area contributed by atoms with Gasteiger partial charge < -0.3 is 4.74 Å². The zero-order chi connectivity index (χ0) is 19.4. The number of nitrogens with one attached hydrogen (secondary N) is 1. The number of rotatable bonds is 7. The second kappa shape index (κ2) is 8.42. The maximum Gasteiger partial charge on any atom is 0.310 e. The molecule has 0 saturated carbocycles. The SMILES string of the molecule is CCOC(=O)Cc1ccc2c(c1)CC(CNS(=O)(=O)c1ccc(Cl)cc1)C2. The summed E-state index contributed by atoms with van der Waals surface area (Å²) < 4.78 is 32.5. The molecule has 1 aliphatic carbocycles. The van der Waals surface area contributed by atoms with E-state index in [9.17, 15) is 13.2 Å². The highest BCUT2D eigenvalue weighted by Gasteiger charge is 2.24. The van der Waals surface area contributed by atoms with Gasteiger partial charge in [0.05, 0.1) is 17.9 Å². The van der Waals surface area contributed by atoms with Gasteiger partial charge in [-0.2, -0.15) is 0 Å². The lowest BCUT2D eigenvalue weighted by atomic mass is 10.0. The van der Waals surface area contributed by atoms with E-state index in [2.05, 4.69) is 4.72 Å². The Bertz CT molecular complexity index is 925. The number of fused-ring (bicyclic) bond motifs is 1. The summed E-state index contributed by atoms with van der Waals surface area (Å²) in [4.78, 5) is 11.8. The molecule has 0 heterocycles. The highest BCUT2D eigenvalue weighted by Crippen LogP contribution is 2.28.